The van der Waals surface area contributed by atoms with Crippen molar-refractivity contribution < 1.29 is 17.9 Å². The Morgan fingerprint density at radius 2 is 2.36 bits per heavy atom. The summed E-state index contributed by atoms with van der Waals surface area (Å²) in [7, 11) is -1.70. The second-order valence-electron chi connectivity index (χ2n) is 3.30. The third-order valence-corrected chi connectivity index (χ3v) is 3.42. The highest BCUT2D eigenvalue weighted by Crippen LogP contribution is 2.10. The molecule has 1 N–H and O–H groups in total. The monoisotopic (exact) mass is 223 g/mol. The third kappa shape index (κ3) is 4.36. The van der Waals surface area contributed by atoms with Crippen LogP contribution in [0.3, 0.4) is 0 Å². The minimum absolute atomic E-state index is 0.0101. The summed E-state index contributed by atoms with van der Waals surface area (Å²) in [6.07, 6.45) is 2.00. The molecule has 5 nitrogen and oxygen atoms in total. The van der Waals surface area contributed by atoms with Crippen LogP contribution in [0.15, 0.2) is 0 Å². The summed E-state index contributed by atoms with van der Waals surface area (Å²) in [5.41, 5.74) is 0. The molecule has 0 radical (unpaired) electrons. The molecule has 0 spiro atoms. The molecule has 1 unspecified atom stereocenters. The standard InChI is InChI=1S/C8H17NO4S/c1-12-5-6-14(10,11)9-7-8-3-2-4-13-8/h8-9H,2-7H2,1H3. The maximum Gasteiger partial charge on any atom is 0.213 e. The van der Waals surface area contributed by atoms with Gasteiger partial charge in [-0.05, 0) is 12.8 Å². The third-order valence-electron chi connectivity index (χ3n) is 2.11. The Bertz CT molecular complexity index is 246. The molecule has 1 fully saturated rings. The highest BCUT2D eigenvalue weighted by atomic mass is 32.2. The molecule has 14 heavy (non-hydrogen) atoms. The first kappa shape index (κ1) is 11.9. The molecule has 0 aliphatic carbocycles. The van der Waals surface area contributed by atoms with E-state index in [9.17, 15) is 8.42 Å². The predicted molar refractivity (Wildman–Crippen MR) is 52.6 cm³/mol. The van der Waals surface area contributed by atoms with E-state index < -0.39 is 10.0 Å². The number of nitrogens with one attached hydrogen (secondary N) is 1. The zero-order valence-corrected chi connectivity index (χ0v) is 9.18. The van der Waals surface area contributed by atoms with Crippen molar-refractivity contribution >= 4 is 10.0 Å². The first-order chi connectivity index (χ1) is 6.64. The van der Waals surface area contributed by atoms with E-state index in [0.29, 0.717) is 6.54 Å². The Labute approximate surface area is 84.8 Å². The number of sulfonamides is 1. The summed E-state index contributed by atoms with van der Waals surface area (Å²) < 4.78 is 35.1. The van der Waals surface area contributed by atoms with Crippen LogP contribution in [-0.2, 0) is 19.5 Å². The van der Waals surface area contributed by atoms with Crippen molar-refractivity contribution in [3.8, 4) is 0 Å². The Morgan fingerprint density at radius 1 is 1.57 bits per heavy atom. The molecule has 0 aromatic rings. The zero-order chi connectivity index (χ0) is 10.4. The smallest absolute Gasteiger partial charge is 0.213 e. The molecule has 1 aliphatic heterocycles. The quantitative estimate of drug-likeness (QED) is 0.673. The van der Waals surface area contributed by atoms with Gasteiger partial charge < -0.3 is 9.47 Å². The van der Waals surface area contributed by atoms with Crippen LogP contribution in [0.5, 0.6) is 0 Å². The zero-order valence-electron chi connectivity index (χ0n) is 8.36. The minimum atomic E-state index is -3.19. The minimum Gasteiger partial charge on any atom is -0.384 e. The summed E-state index contributed by atoms with van der Waals surface area (Å²) in [6, 6.07) is 0. The Balaban J connectivity index is 2.21. The lowest BCUT2D eigenvalue weighted by molar-refractivity contribution is 0.114. The van der Waals surface area contributed by atoms with E-state index in [1.807, 2.05) is 0 Å². The molecule has 0 amide bonds. The fraction of sp³-hybridized carbons (Fsp3) is 1.00. The van der Waals surface area contributed by atoms with Crippen molar-refractivity contribution in [2.24, 2.45) is 0 Å². The van der Waals surface area contributed by atoms with Crippen LogP contribution in [0.4, 0.5) is 0 Å². The second kappa shape index (κ2) is 5.65. The van der Waals surface area contributed by atoms with Crippen LogP contribution < -0.4 is 4.72 Å². The molecule has 0 saturated carbocycles. The highest BCUT2D eigenvalue weighted by Gasteiger charge is 2.18. The number of ether oxygens (including phenoxy) is 2. The Hall–Kier alpha value is -0.170. The van der Waals surface area contributed by atoms with Gasteiger partial charge in [-0.3, -0.25) is 0 Å². The summed E-state index contributed by atoms with van der Waals surface area (Å²) in [4.78, 5) is 0. The SMILES string of the molecule is COCCS(=O)(=O)NCC1CCCO1. The van der Waals surface area contributed by atoms with Crippen LogP contribution in [0, 0.1) is 0 Å². The van der Waals surface area contributed by atoms with Crippen LogP contribution in [0.1, 0.15) is 12.8 Å². The molecular formula is C8H17NO4S. The summed E-state index contributed by atoms with van der Waals surface area (Å²) >= 11 is 0. The molecule has 1 atom stereocenters. The van der Waals surface area contributed by atoms with E-state index >= 15 is 0 Å². The van der Waals surface area contributed by atoms with Gasteiger partial charge in [-0.25, -0.2) is 13.1 Å². The normalized spacial score (nSPS) is 22.8. The topological polar surface area (TPSA) is 64.6 Å². The van der Waals surface area contributed by atoms with Gasteiger partial charge >= 0.3 is 0 Å². The van der Waals surface area contributed by atoms with E-state index in [2.05, 4.69) is 4.72 Å². The maximum absolute atomic E-state index is 11.3. The van der Waals surface area contributed by atoms with Crippen molar-refractivity contribution in [1.29, 1.82) is 0 Å². The average molecular weight is 223 g/mol. The molecule has 1 heterocycles. The molecule has 1 saturated heterocycles. The molecule has 1 aliphatic rings. The number of rotatable bonds is 6. The number of methoxy groups -OCH3 is 1. The molecule has 0 bridgehead atoms. The lowest BCUT2D eigenvalue weighted by Gasteiger charge is -2.10. The van der Waals surface area contributed by atoms with Gasteiger partial charge in [0.1, 0.15) is 0 Å². The molecular weight excluding hydrogens is 206 g/mol. The number of hydrogen-bond donors (Lipinski definition) is 1. The van der Waals surface area contributed by atoms with Gasteiger partial charge in [-0.2, -0.15) is 0 Å². The van der Waals surface area contributed by atoms with E-state index in [1.54, 1.807) is 0 Å². The van der Waals surface area contributed by atoms with Gasteiger partial charge in [0.05, 0.1) is 18.5 Å². The van der Waals surface area contributed by atoms with Crippen LogP contribution in [-0.4, -0.2) is 47.1 Å². The van der Waals surface area contributed by atoms with Crippen molar-refractivity contribution in [2.45, 2.75) is 18.9 Å². The van der Waals surface area contributed by atoms with E-state index in [-0.39, 0.29) is 18.5 Å². The molecule has 1 rings (SSSR count). The lowest BCUT2D eigenvalue weighted by Crippen LogP contribution is -2.34. The van der Waals surface area contributed by atoms with E-state index in [0.717, 1.165) is 19.4 Å². The molecule has 84 valence electrons. The molecule has 0 aromatic heterocycles. The second-order valence-corrected chi connectivity index (χ2v) is 5.22. The molecule has 6 heteroatoms. The lowest BCUT2D eigenvalue weighted by atomic mass is 10.2. The fourth-order valence-electron chi connectivity index (χ4n) is 1.29. The van der Waals surface area contributed by atoms with Gasteiger partial charge in [0.25, 0.3) is 0 Å². The first-order valence-electron chi connectivity index (χ1n) is 4.72. The van der Waals surface area contributed by atoms with Crippen molar-refractivity contribution in [3.63, 3.8) is 0 Å². The fourth-order valence-corrected chi connectivity index (χ4v) is 2.26. The molecule has 0 aromatic carbocycles. The summed E-state index contributed by atoms with van der Waals surface area (Å²) in [5.74, 6) is 0.0101. The van der Waals surface area contributed by atoms with Crippen molar-refractivity contribution in [3.05, 3.63) is 0 Å². The summed E-state index contributed by atoms with van der Waals surface area (Å²) in [5, 5.41) is 0. The van der Waals surface area contributed by atoms with Gasteiger partial charge in [0.2, 0.25) is 10.0 Å². The van der Waals surface area contributed by atoms with Crippen LogP contribution in [0.25, 0.3) is 0 Å². The van der Waals surface area contributed by atoms with Gasteiger partial charge in [0, 0.05) is 20.3 Å². The van der Waals surface area contributed by atoms with Crippen molar-refractivity contribution in [2.75, 3.05) is 32.6 Å². The van der Waals surface area contributed by atoms with E-state index in [4.69, 9.17) is 9.47 Å². The Kier molecular flexibility index (Phi) is 4.80. The van der Waals surface area contributed by atoms with Crippen LogP contribution >= 0.6 is 0 Å². The Morgan fingerprint density at radius 3 is 2.93 bits per heavy atom. The maximum atomic E-state index is 11.3. The van der Waals surface area contributed by atoms with Gasteiger partial charge in [0.15, 0.2) is 0 Å². The average Bonchev–Trinajstić information content (AvgIpc) is 2.64. The first-order valence-corrected chi connectivity index (χ1v) is 6.37. The van der Waals surface area contributed by atoms with E-state index in [1.165, 1.54) is 7.11 Å². The number of hydrogen-bond acceptors (Lipinski definition) is 4. The van der Waals surface area contributed by atoms with Crippen molar-refractivity contribution in [1.82, 2.24) is 4.72 Å². The largest absolute Gasteiger partial charge is 0.384 e. The predicted octanol–water partition coefficient (Wildman–Crippen LogP) is -0.269. The van der Waals surface area contributed by atoms with Gasteiger partial charge in [-0.1, -0.05) is 0 Å². The van der Waals surface area contributed by atoms with Crippen LogP contribution in [0.2, 0.25) is 0 Å². The van der Waals surface area contributed by atoms with Gasteiger partial charge in [-0.15, -0.1) is 0 Å². The highest BCUT2D eigenvalue weighted by molar-refractivity contribution is 7.89. The summed E-state index contributed by atoms with van der Waals surface area (Å²) in [6.45, 7) is 1.34.